The Hall–Kier alpha value is -1.36. The van der Waals surface area contributed by atoms with E-state index in [9.17, 15) is 4.79 Å². The second kappa shape index (κ2) is 6.61. The van der Waals surface area contributed by atoms with Gasteiger partial charge in [-0.25, -0.2) is 9.97 Å². The first-order valence-electron chi connectivity index (χ1n) is 10.5. The van der Waals surface area contributed by atoms with Gasteiger partial charge in [-0.3, -0.25) is 4.79 Å². The van der Waals surface area contributed by atoms with Crippen LogP contribution < -0.4 is 4.90 Å². The molecule has 1 aromatic heterocycles. The number of nitrogens with zero attached hydrogens (tertiary/aromatic N) is 4. The van der Waals surface area contributed by atoms with Crippen LogP contribution in [0.5, 0.6) is 0 Å². The number of rotatable bonds is 4. The van der Waals surface area contributed by atoms with Gasteiger partial charge in [-0.2, -0.15) is 0 Å². The molecule has 4 saturated carbocycles. The van der Waals surface area contributed by atoms with Gasteiger partial charge in [0.25, 0.3) is 5.91 Å². The van der Waals surface area contributed by atoms with Gasteiger partial charge >= 0.3 is 0 Å². The third-order valence-corrected chi connectivity index (χ3v) is 7.68. The summed E-state index contributed by atoms with van der Waals surface area (Å²) in [6, 6.07) is 0. The van der Waals surface area contributed by atoms with Crippen LogP contribution in [0.15, 0.2) is 6.20 Å². The second-order valence-corrected chi connectivity index (χ2v) is 10.0. The van der Waals surface area contributed by atoms with Crippen LogP contribution in [0.25, 0.3) is 0 Å². The van der Waals surface area contributed by atoms with E-state index >= 15 is 0 Å². The Kier molecular flexibility index (Phi) is 4.34. The molecular formula is C21H29ClN4O. The van der Waals surface area contributed by atoms with Gasteiger partial charge in [-0.15, -0.1) is 0 Å². The molecule has 146 valence electrons. The number of anilines is 1. The average molecular weight is 389 g/mol. The van der Waals surface area contributed by atoms with Crippen molar-refractivity contribution in [3.63, 3.8) is 0 Å². The molecule has 0 spiro atoms. The number of aromatic nitrogens is 2. The molecule has 1 saturated heterocycles. The maximum absolute atomic E-state index is 13.2. The molecule has 1 aliphatic heterocycles. The van der Waals surface area contributed by atoms with Gasteiger partial charge in [-0.05, 0) is 74.5 Å². The van der Waals surface area contributed by atoms with Gasteiger partial charge in [0.15, 0.2) is 5.69 Å². The van der Waals surface area contributed by atoms with Crippen molar-refractivity contribution in [2.24, 2.45) is 23.2 Å². The van der Waals surface area contributed by atoms with Crippen molar-refractivity contribution >= 4 is 23.5 Å². The summed E-state index contributed by atoms with van der Waals surface area (Å²) in [4.78, 5) is 26.1. The Morgan fingerprint density at radius 2 is 1.78 bits per heavy atom. The smallest absolute Gasteiger partial charge is 0.273 e. The van der Waals surface area contributed by atoms with E-state index in [1.165, 1.54) is 38.5 Å². The predicted molar refractivity (Wildman–Crippen MR) is 106 cm³/mol. The molecule has 4 aliphatic carbocycles. The van der Waals surface area contributed by atoms with E-state index in [-0.39, 0.29) is 5.91 Å². The van der Waals surface area contributed by atoms with Crippen molar-refractivity contribution in [3.8, 4) is 0 Å². The van der Waals surface area contributed by atoms with E-state index < -0.39 is 0 Å². The SMILES string of the molecule is CN(CC12CC3CC(CC(C3)C1)C2)C(=O)c1nc(N2CCCC2)ncc1Cl. The zero-order valence-corrected chi connectivity index (χ0v) is 16.9. The van der Waals surface area contributed by atoms with Crippen LogP contribution in [0, 0.1) is 23.2 Å². The summed E-state index contributed by atoms with van der Waals surface area (Å²) in [6.45, 7) is 2.76. The first-order chi connectivity index (χ1) is 13.0. The van der Waals surface area contributed by atoms with E-state index in [1.807, 2.05) is 11.9 Å². The lowest BCUT2D eigenvalue weighted by Crippen LogP contribution is -2.51. The molecule has 6 heteroatoms. The number of carbonyl (C=O) groups excluding carboxylic acids is 1. The normalized spacial score (nSPS) is 34.3. The topological polar surface area (TPSA) is 49.3 Å². The lowest BCUT2D eigenvalue weighted by molar-refractivity contribution is -0.0629. The van der Waals surface area contributed by atoms with E-state index in [4.69, 9.17) is 11.6 Å². The molecule has 1 aromatic rings. The van der Waals surface area contributed by atoms with Gasteiger partial charge < -0.3 is 9.80 Å². The minimum Gasteiger partial charge on any atom is -0.341 e. The van der Waals surface area contributed by atoms with Crippen LogP contribution in [0.4, 0.5) is 5.95 Å². The minimum absolute atomic E-state index is 0.0569. The molecule has 1 amide bonds. The number of hydrogen-bond donors (Lipinski definition) is 0. The number of carbonyl (C=O) groups is 1. The molecule has 0 aromatic carbocycles. The Balaban J connectivity index is 1.34. The summed E-state index contributed by atoms with van der Waals surface area (Å²) in [5.41, 5.74) is 0.692. The summed E-state index contributed by atoms with van der Waals surface area (Å²) >= 11 is 6.33. The highest BCUT2D eigenvalue weighted by Crippen LogP contribution is 2.60. The van der Waals surface area contributed by atoms with Gasteiger partial charge in [-0.1, -0.05) is 11.6 Å². The van der Waals surface area contributed by atoms with Crippen LogP contribution in [0.3, 0.4) is 0 Å². The molecule has 5 aliphatic rings. The second-order valence-electron chi connectivity index (χ2n) is 9.64. The summed E-state index contributed by atoms with van der Waals surface area (Å²) < 4.78 is 0. The molecule has 27 heavy (non-hydrogen) atoms. The van der Waals surface area contributed by atoms with Crippen LogP contribution >= 0.6 is 11.6 Å². The Morgan fingerprint density at radius 1 is 1.19 bits per heavy atom. The third-order valence-electron chi connectivity index (χ3n) is 7.41. The Bertz CT molecular complexity index is 710. The van der Waals surface area contributed by atoms with E-state index in [0.717, 1.165) is 50.2 Å². The molecule has 6 rings (SSSR count). The molecule has 5 fully saturated rings. The van der Waals surface area contributed by atoms with Crippen LogP contribution in [-0.4, -0.2) is 47.5 Å². The van der Waals surface area contributed by atoms with E-state index in [2.05, 4.69) is 14.9 Å². The standard InChI is InChI=1S/C21H29ClN4O/c1-25(13-21-9-14-6-15(10-21)8-16(7-14)11-21)19(27)18-17(22)12-23-20(24-18)26-4-2-3-5-26/h12,14-16H,2-11,13H2,1H3. The van der Waals surface area contributed by atoms with Crippen LogP contribution in [0.1, 0.15) is 61.9 Å². The average Bonchev–Trinajstić information content (AvgIpc) is 3.14. The van der Waals surface area contributed by atoms with Gasteiger partial charge in [0, 0.05) is 26.7 Å². The first kappa shape index (κ1) is 17.7. The highest BCUT2D eigenvalue weighted by Gasteiger charge is 2.51. The van der Waals surface area contributed by atoms with Crippen molar-refractivity contribution in [1.82, 2.24) is 14.9 Å². The number of hydrogen-bond acceptors (Lipinski definition) is 4. The highest BCUT2D eigenvalue weighted by molar-refractivity contribution is 6.33. The summed E-state index contributed by atoms with van der Waals surface area (Å²) in [7, 11) is 1.93. The molecule has 0 atom stereocenters. The lowest BCUT2D eigenvalue weighted by atomic mass is 9.49. The fourth-order valence-electron chi connectivity index (χ4n) is 6.82. The monoisotopic (exact) mass is 388 g/mol. The molecule has 5 nitrogen and oxygen atoms in total. The maximum Gasteiger partial charge on any atom is 0.273 e. The lowest BCUT2D eigenvalue weighted by Gasteiger charge is -2.57. The number of halogens is 1. The van der Waals surface area contributed by atoms with Crippen molar-refractivity contribution in [3.05, 3.63) is 16.9 Å². The molecule has 2 heterocycles. The third kappa shape index (κ3) is 3.22. The Labute approximate surface area is 166 Å². The van der Waals surface area contributed by atoms with Crippen LogP contribution in [0.2, 0.25) is 5.02 Å². The minimum atomic E-state index is -0.0569. The van der Waals surface area contributed by atoms with Gasteiger partial charge in [0.05, 0.1) is 11.2 Å². The molecule has 0 N–H and O–H groups in total. The van der Waals surface area contributed by atoms with Crippen molar-refractivity contribution in [2.45, 2.75) is 51.4 Å². The number of amides is 1. The van der Waals surface area contributed by atoms with E-state index in [1.54, 1.807) is 6.20 Å². The Morgan fingerprint density at radius 3 is 2.37 bits per heavy atom. The first-order valence-corrected chi connectivity index (χ1v) is 10.9. The van der Waals surface area contributed by atoms with Gasteiger partial charge in [0.2, 0.25) is 5.95 Å². The highest BCUT2D eigenvalue weighted by atomic mass is 35.5. The molecule has 4 bridgehead atoms. The van der Waals surface area contributed by atoms with Crippen molar-refractivity contribution in [1.29, 1.82) is 0 Å². The summed E-state index contributed by atoms with van der Waals surface area (Å²) in [6.07, 6.45) is 12.1. The summed E-state index contributed by atoms with van der Waals surface area (Å²) in [5, 5.41) is 0.361. The van der Waals surface area contributed by atoms with E-state index in [0.29, 0.717) is 22.1 Å². The fourth-order valence-corrected chi connectivity index (χ4v) is 6.99. The molecule has 0 unspecified atom stereocenters. The fraction of sp³-hybridized carbons (Fsp3) is 0.762. The zero-order valence-electron chi connectivity index (χ0n) is 16.2. The zero-order chi connectivity index (χ0) is 18.6. The van der Waals surface area contributed by atoms with Gasteiger partial charge in [0.1, 0.15) is 0 Å². The summed E-state index contributed by atoms with van der Waals surface area (Å²) in [5.74, 6) is 3.26. The van der Waals surface area contributed by atoms with Crippen LogP contribution in [-0.2, 0) is 0 Å². The quantitative estimate of drug-likeness (QED) is 0.781. The predicted octanol–water partition coefficient (Wildman–Crippen LogP) is 4.02. The van der Waals surface area contributed by atoms with Crippen molar-refractivity contribution < 1.29 is 4.79 Å². The maximum atomic E-state index is 13.2. The molecular weight excluding hydrogens is 360 g/mol. The van der Waals surface area contributed by atoms with Crippen molar-refractivity contribution in [2.75, 3.05) is 31.6 Å². The largest absolute Gasteiger partial charge is 0.341 e. The molecule has 0 radical (unpaired) electrons.